The van der Waals surface area contributed by atoms with E-state index in [2.05, 4.69) is 23.3 Å². The number of ether oxygens (including phenoxy) is 2. The molecule has 6 heteroatoms. The van der Waals surface area contributed by atoms with Gasteiger partial charge in [0, 0.05) is 10.9 Å². The minimum Gasteiger partial charge on any atom is -0.494 e. The van der Waals surface area contributed by atoms with Gasteiger partial charge < -0.3 is 9.47 Å². The number of rotatable bonds is 8. The van der Waals surface area contributed by atoms with E-state index in [4.69, 9.17) is 9.47 Å². The number of aryl methyl sites for hydroxylation is 2. The lowest BCUT2D eigenvalue weighted by molar-refractivity contribution is -0.118. The number of thiazole rings is 1. The third-order valence-electron chi connectivity index (χ3n) is 4.81. The van der Waals surface area contributed by atoms with Gasteiger partial charge >= 0.3 is 0 Å². The van der Waals surface area contributed by atoms with Gasteiger partial charge in [-0.25, -0.2) is 4.98 Å². The normalized spacial score (nSPS) is 12.4. The lowest BCUT2D eigenvalue weighted by Gasteiger charge is -2.07. The lowest BCUT2D eigenvalue weighted by Crippen LogP contribution is -2.20. The Morgan fingerprint density at radius 1 is 1.07 bits per heavy atom. The van der Waals surface area contributed by atoms with Crippen molar-refractivity contribution in [1.29, 1.82) is 0 Å². The van der Waals surface area contributed by atoms with Gasteiger partial charge in [-0.3, -0.25) is 10.1 Å². The summed E-state index contributed by atoms with van der Waals surface area (Å²) in [7, 11) is 0. The molecule has 0 atom stereocenters. The summed E-state index contributed by atoms with van der Waals surface area (Å²) in [5.41, 5.74) is 4.53. The Morgan fingerprint density at radius 3 is 2.69 bits per heavy atom. The summed E-state index contributed by atoms with van der Waals surface area (Å²) in [5, 5.41) is 5.31. The first kappa shape index (κ1) is 19.5. The van der Waals surface area contributed by atoms with Crippen LogP contribution in [-0.4, -0.2) is 24.1 Å². The average molecular weight is 409 g/mol. The molecule has 1 N–H and O–H groups in total. The number of anilines is 1. The molecule has 2 aromatic carbocycles. The van der Waals surface area contributed by atoms with Crippen molar-refractivity contribution in [2.45, 2.75) is 32.6 Å². The maximum atomic E-state index is 12.2. The Hall–Kier alpha value is -2.86. The predicted molar refractivity (Wildman–Crippen MR) is 116 cm³/mol. The van der Waals surface area contributed by atoms with E-state index in [0.717, 1.165) is 42.0 Å². The SMILES string of the molecule is CCCOc1ccc(-c2csc(NC(=O)COc3ccc4c(c3)CCC4)n2)cc1. The highest BCUT2D eigenvalue weighted by Gasteiger charge is 2.13. The van der Waals surface area contributed by atoms with Gasteiger partial charge in [-0.2, -0.15) is 0 Å². The molecule has 0 aliphatic heterocycles. The van der Waals surface area contributed by atoms with Gasteiger partial charge in [-0.15, -0.1) is 11.3 Å². The Labute approximate surface area is 174 Å². The molecule has 1 aliphatic rings. The Kier molecular flexibility index (Phi) is 6.10. The van der Waals surface area contributed by atoms with Crippen LogP contribution < -0.4 is 14.8 Å². The highest BCUT2D eigenvalue weighted by molar-refractivity contribution is 7.14. The zero-order chi connectivity index (χ0) is 20.1. The fraction of sp³-hybridized carbons (Fsp3) is 0.304. The van der Waals surface area contributed by atoms with E-state index in [-0.39, 0.29) is 12.5 Å². The number of hydrogen-bond acceptors (Lipinski definition) is 5. The minimum atomic E-state index is -0.213. The van der Waals surface area contributed by atoms with E-state index in [1.165, 1.54) is 28.9 Å². The third-order valence-corrected chi connectivity index (χ3v) is 5.57. The van der Waals surface area contributed by atoms with Crippen LogP contribution >= 0.6 is 11.3 Å². The van der Waals surface area contributed by atoms with Crippen molar-refractivity contribution in [1.82, 2.24) is 4.98 Å². The maximum absolute atomic E-state index is 12.2. The lowest BCUT2D eigenvalue weighted by atomic mass is 10.1. The molecule has 0 saturated carbocycles. The molecular formula is C23H24N2O3S. The Bertz CT molecular complexity index is 982. The van der Waals surface area contributed by atoms with Crippen LogP contribution in [0.15, 0.2) is 47.8 Å². The van der Waals surface area contributed by atoms with E-state index >= 15 is 0 Å². The highest BCUT2D eigenvalue weighted by atomic mass is 32.1. The first-order valence-electron chi connectivity index (χ1n) is 9.94. The van der Waals surface area contributed by atoms with E-state index in [1.807, 2.05) is 41.8 Å². The standard InChI is InChI=1S/C23H24N2O3S/c1-2-12-27-19-9-7-17(8-10-19)21-15-29-23(24-21)25-22(26)14-28-20-11-6-16-4-3-5-18(16)13-20/h6-11,13,15H,2-5,12,14H2,1H3,(H,24,25,26). The van der Waals surface area contributed by atoms with E-state index in [9.17, 15) is 4.79 Å². The molecule has 1 amide bonds. The fourth-order valence-electron chi connectivity index (χ4n) is 3.35. The van der Waals surface area contributed by atoms with Crippen LogP contribution in [0.4, 0.5) is 5.13 Å². The number of nitrogens with one attached hydrogen (secondary N) is 1. The molecule has 1 aliphatic carbocycles. The molecule has 150 valence electrons. The summed E-state index contributed by atoms with van der Waals surface area (Å²) in [6, 6.07) is 13.9. The topological polar surface area (TPSA) is 60.5 Å². The van der Waals surface area contributed by atoms with Gasteiger partial charge in [0.2, 0.25) is 0 Å². The monoisotopic (exact) mass is 408 g/mol. The molecule has 29 heavy (non-hydrogen) atoms. The molecule has 3 aromatic rings. The first-order chi connectivity index (χ1) is 14.2. The smallest absolute Gasteiger partial charge is 0.264 e. The molecule has 0 bridgehead atoms. The summed E-state index contributed by atoms with van der Waals surface area (Å²) in [6.45, 7) is 2.76. The first-order valence-corrected chi connectivity index (χ1v) is 10.8. The minimum absolute atomic E-state index is 0.0306. The van der Waals surface area contributed by atoms with Crippen LogP contribution in [0.1, 0.15) is 30.9 Å². The van der Waals surface area contributed by atoms with Gasteiger partial charge in [-0.1, -0.05) is 13.0 Å². The van der Waals surface area contributed by atoms with Gasteiger partial charge in [0.05, 0.1) is 12.3 Å². The average Bonchev–Trinajstić information content (AvgIpc) is 3.40. The van der Waals surface area contributed by atoms with Crippen LogP contribution in [0.5, 0.6) is 11.5 Å². The van der Waals surface area contributed by atoms with Gasteiger partial charge in [-0.05, 0) is 73.2 Å². The van der Waals surface area contributed by atoms with Crippen LogP contribution in [0.25, 0.3) is 11.3 Å². The van der Waals surface area contributed by atoms with Gasteiger partial charge in [0.25, 0.3) is 5.91 Å². The molecule has 0 saturated heterocycles. The fourth-order valence-corrected chi connectivity index (χ4v) is 4.08. The van der Waals surface area contributed by atoms with Crippen LogP contribution in [-0.2, 0) is 17.6 Å². The zero-order valence-electron chi connectivity index (χ0n) is 16.4. The Morgan fingerprint density at radius 2 is 1.86 bits per heavy atom. The van der Waals surface area contributed by atoms with Gasteiger partial charge in [0.1, 0.15) is 11.5 Å². The molecular weight excluding hydrogens is 384 g/mol. The molecule has 1 heterocycles. The molecule has 1 aromatic heterocycles. The number of fused-ring (bicyclic) bond motifs is 1. The van der Waals surface area contributed by atoms with E-state index in [0.29, 0.717) is 11.7 Å². The van der Waals surface area contributed by atoms with Crippen molar-refractivity contribution in [2.75, 3.05) is 18.5 Å². The Balaban J connectivity index is 1.31. The van der Waals surface area contributed by atoms with Gasteiger partial charge in [0.15, 0.2) is 11.7 Å². The molecule has 0 spiro atoms. The molecule has 4 rings (SSSR count). The van der Waals surface area contributed by atoms with Crippen molar-refractivity contribution >= 4 is 22.4 Å². The number of carbonyl (C=O) groups is 1. The predicted octanol–water partition coefficient (Wildman–Crippen LogP) is 5.11. The largest absolute Gasteiger partial charge is 0.494 e. The second-order valence-electron chi connectivity index (χ2n) is 7.03. The van der Waals surface area contributed by atoms with Crippen LogP contribution in [0, 0.1) is 0 Å². The summed E-state index contributed by atoms with van der Waals surface area (Å²) >= 11 is 1.40. The van der Waals surface area contributed by atoms with Crippen LogP contribution in [0.3, 0.4) is 0 Å². The number of carbonyl (C=O) groups excluding carboxylic acids is 1. The number of hydrogen-bond donors (Lipinski definition) is 1. The quantitative estimate of drug-likeness (QED) is 0.563. The second-order valence-corrected chi connectivity index (χ2v) is 7.89. The van der Waals surface area contributed by atoms with Crippen LogP contribution in [0.2, 0.25) is 0 Å². The van der Waals surface area contributed by atoms with E-state index in [1.54, 1.807) is 0 Å². The van der Waals surface area contributed by atoms with Crippen molar-refractivity contribution in [2.24, 2.45) is 0 Å². The second kappa shape index (κ2) is 9.09. The number of benzene rings is 2. The molecule has 0 fully saturated rings. The number of amides is 1. The maximum Gasteiger partial charge on any atom is 0.264 e. The van der Waals surface area contributed by atoms with Crippen molar-refractivity contribution in [3.05, 3.63) is 59.0 Å². The summed E-state index contributed by atoms with van der Waals surface area (Å²) < 4.78 is 11.3. The third kappa shape index (κ3) is 4.95. The molecule has 0 unspecified atom stereocenters. The van der Waals surface area contributed by atoms with E-state index < -0.39 is 0 Å². The highest BCUT2D eigenvalue weighted by Crippen LogP contribution is 2.27. The summed E-state index contributed by atoms with van der Waals surface area (Å²) in [5.74, 6) is 1.38. The van der Waals surface area contributed by atoms with Crippen molar-refractivity contribution in [3.63, 3.8) is 0 Å². The van der Waals surface area contributed by atoms with Crippen molar-refractivity contribution in [3.8, 4) is 22.8 Å². The summed E-state index contributed by atoms with van der Waals surface area (Å²) in [4.78, 5) is 16.7. The summed E-state index contributed by atoms with van der Waals surface area (Å²) in [6.07, 6.45) is 4.40. The number of nitrogens with zero attached hydrogens (tertiary/aromatic N) is 1. The molecule has 5 nitrogen and oxygen atoms in total. The number of aromatic nitrogens is 1. The molecule has 0 radical (unpaired) electrons. The van der Waals surface area contributed by atoms with Crippen molar-refractivity contribution < 1.29 is 14.3 Å². The zero-order valence-corrected chi connectivity index (χ0v) is 17.3.